The topological polar surface area (TPSA) is 79.5 Å². The van der Waals surface area contributed by atoms with E-state index in [1.54, 1.807) is 6.92 Å². The molecule has 0 bridgehead atoms. The van der Waals surface area contributed by atoms with Gasteiger partial charge in [-0.3, -0.25) is 4.79 Å². The van der Waals surface area contributed by atoms with Gasteiger partial charge in [0, 0.05) is 19.0 Å². The molecule has 1 saturated carbocycles. The van der Waals surface area contributed by atoms with Crippen LogP contribution in [-0.2, 0) is 6.42 Å². The third kappa shape index (κ3) is 2.80. The molecule has 0 radical (unpaired) electrons. The van der Waals surface area contributed by atoms with Crippen LogP contribution in [0.1, 0.15) is 59.8 Å². The molecule has 104 valence electrons. The van der Waals surface area contributed by atoms with E-state index in [9.17, 15) is 9.59 Å². The summed E-state index contributed by atoms with van der Waals surface area (Å²) in [7, 11) is 0. The molecule has 0 atom stereocenters. The first kappa shape index (κ1) is 13.6. The molecule has 0 aliphatic heterocycles. The summed E-state index contributed by atoms with van der Waals surface area (Å²) in [5.74, 6) is -0.968. The Kier molecular flexibility index (Phi) is 3.64. The smallest absolute Gasteiger partial charge is 0.339 e. The summed E-state index contributed by atoms with van der Waals surface area (Å²) < 4.78 is 5.31. The van der Waals surface area contributed by atoms with E-state index in [0.29, 0.717) is 18.7 Å². The maximum Gasteiger partial charge on any atom is 0.339 e. The van der Waals surface area contributed by atoms with Gasteiger partial charge >= 0.3 is 5.97 Å². The van der Waals surface area contributed by atoms with Crippen molar-refractivity contribution in [2.75, 3.05) is 6.54 Å². The Labute approximate surface area is 112 Å². The molecule has 0 aromatic carbocycles. The lowest BCUT2D eigenvalue weighted by atomic mass is 10.0. The molecule has 2 N–H and O–H groups in total. The molecule has 1 fully saturated rings. The summed E-state index contributed by atoms with van der Waals surface area (Å²) in [6, 6.07) is 1.31. The summed E-state index contributed by atoms with van der Waals surface area (Å²) in [5, 5.41) is 11.8. The zero-order chi connectivity index (χ0) is 14.0. The lowest BCUT2D eigenvalue weighted by molar-refractivity contribution is 0.0694. The van der Waals surface area contributed by atoms with Gasteiger partial charge in [0.05, 0.1) is 0 Å². The van der Waals surface area contributed by atoms with Crippen molar-refractivity contribution in [1.82, 2.24) is 5.32 Å². The largest absolute Gasteiger partial charge is 0.478 e. The van der Waals surface area contributed by atoms with Crippen molar-refractivity contribution in [2.24, 2.45) is 5.41 Å². The SMILES string of the molecule is CCc1oc(C(=O)NCC2(CC)CC2)cc1C(=O)O. The van der Waals surface area contributed by atoms with Gasteiger partial charge in [0.25, 0.3) is 5.91 Å². The van der Waals surface area contributed by atoms with Gasteiger partial charge in [0.2, 0.25) is 0 Å². The fourth-order valence-electron chi connectivity index (χ4n) is 2.17. The number of carboxylic acid groups (broad SMARTS) is 1. The van der Waals surface area contributed by atoms with Crippen molar-refractivity contribution in [3.8, 4) is 0 Å². The summed E-state index contributed by atoms with van der Waals surface area (Å²) in [6.07, 6.45) is 3.78. The number of carboxylic acids is 1. The van der Waals surface area contributed by atoms with E-state index in [1.807, 2.05) is 0 Å². The standard InChI is InChI=1S/C14H19NO4/c1-3-10-9(13(17)18)7-11(19-10)12(16)15-8-14(4-2)5-6-14/h7H,3-6,8H2,1-2H3,(H,15,16)(H,17,18). The van der Waals surface area contributed by atoms with Gasteiger partial charge in [-0.25, -0.2) is 4.79 Å². The summed E-state index contributed by atoms with van der Waals surface area (Å²) in [6.45, 7) is 4.54. The third-order valence-corrected chi connectivity index (χ3v) is 3.92. The van der Waals surface area contributed by atoms with Gasteiger partial charge in [0.1, 0.15) is 11.3 Å². The molecule has 5 heteroatoms. The zero-order valence-corrected chi connectivity index (χ0v) is 11.3. The number of aryl methyl sites for hydroxylation is 1. The molecule has 0 saturated heterocycles. The summed E-state index contributed by atoms with van der Waals surface area (Å²) in [5.41, 5.74) is 0.329. The first-order chi connectivity index (χ1) is 9.01. The molecule has 1 aromatic rings. The van der Waals surface area contributed by atoms with Crippen molar-refractivity contribution in [3.05, 3.63) is 23.2 Å². The van der Waals surface area contributed by atoms with Crippen LogP contribution >= 0.6 is 0 Å². The van der Waals surface area contributed by atoms with E-state index in [2.05, 4.69) is 12.2 Å². The first-order valence-corrected chi connectivity index (χ1v) is 6.65. The molecule has 19 heavy (non-hydrogen) atoms. The van der Waals surface area contributed by atoms with Crippen molar-refractivity contribution >= 4 is 11.9 Å². The normalized spacial score (nSPS) is 16.1. The molecule has 0 spiro atoms. The number of hydrogen-bond acceptors (Lipinski definition) is 3. The Morgan fingerprint density at radius 1 is 1.42 bits per heavy atom. The fraction of sp³-hybridized carbons (Fsp3) is 0.571. The first-order valence-electron chi connectivity index (χ1n) is 6.65. The van der Waals surface area contributed by atoms with E-state index in [4.69, 9.17) is 9.52 Å². The lowest BCUT2D eigenvalue weighted by Crippen LogP contribution is -2.29. The molecule has 1 heterocycles. The second-order valence-electron chi connectivity index (χ2n) is 5.14. The van der Waals surface area contributed by atoms with Gasteiger partial charge in [-0.2, -0.15) is 0 Å². The van der Waals surface area contributed by atoms with Crippen molar-refractivity contribution in [3.63, 3.8) is 0 Å². The van der Waals surface area contributed by atoms with Crippen molar-refractivity contribution in [1.29, 1.82) is 0 Å². The molecule has 1 aliphatic carbocycles. The van der Waals surface area contributed by atoms with Gasteiger partial charge in [0.15, 0.2) is 5.76 Å². The van der Waals surface area contributed by atoms with E-state index < -0.39 is 5.97 Å². The molecule has 0 unspecified atom stereocenters. The van der Waals surface area contributed by atoms with E-state index >= 15 is 0 Å². The number of carbonyl (C=O) groups excluding carboxylic acids is 1. The van der Waals surface area contributed by atoms with Crippen LogP contribution in [0, 0.1) is 5.41 Å². The average Bonchev–Trinajstić information content (AvgIpc) is 3.05. The number of aromatic carboxylic acids is 1. The lowest BCUT2D eigenvalue weighted by Gasteiger charge is -2.12. The predicted molar refractivity (Wildman–Crippen MR) is 69.3 cm³/mol. The average molecular weight is 265 g/mol. The van der Waals surface area contributed by atoms with Gasteiger partial charge in [-0.1, -0.05) is 13.8 Å². The second-order valence-corrected chi connectivity index (χ2v) is 5.14. The molecule has 2 rings (SSSR count). The van der Waals surface area contributed by atoms with Gasteiger partial charge in [-0.05, 0) is 24.7 Å². The molecule has 1 aliphatic rings. The Bertz CT molecular complexity index is 500. The molecule has 1 amide bonds. The zero-order valence-electron chi connectivity index (χ0n) is 11.3. The minimum atomic E-state index is -1.06. The number of carbonyl (C=O) groups is 2. The second kappa shape index (κ2) is 5.07. The highest BCUT2D eigenvalue weighted by Gasteiger charge is 2.40. The Morgan fingerprint density at radius 3 is 2.53 bits per heavy atom. The molecule has 1 aromatic heterocycles. The number of nitrogens with one attached hydrogen (secondary N) is 1. The summed E-state index contributed by atoms with van der Waals surface area (Å²) in [4.78, 5) is 22.9. The highest BCUT2D eigenvalue weighted by Crippen LogP contribution is 2.47. The van der Waals surface area contributed by atoms with Crippen LogP contribution in [-0.4, -0.2) is 23.5 Å². The number of hydrogen-bond donors (Lipinski definition) is 2. The van der Waals surface area contributed by atoms with Gasteiger partial charge in [-0.15, -0.1) is 0 Å². The molecular formula is C14H19NO4. The minimum absolute atomic E-state index is 0.0734. The predicted octanol–water partition coefficient (Wildman–Crippen LogP) is 2.46. The number of rotatable bonds is 6. The van der Waals surface area contributed by atoms with Crippen LogP contribution in [0.5, 0.6) is 0 Å². The van der Waals surface area contributed by atoms with Crippen LogP contribution in [0.2, 0.25) is 0 Å². The van der Waals surface area contributed by atoms with Crippen LogP contribution in [0.25, 0.3) is 0 Å². The maximum absolute atomic E-state index is 11.9. The van der Waals surface area contributed by atoms with Crippen LogP contribution in [0.15, 0.2) is 10.5 Å². The number of furan rings is 1. The van der Waals surface area contributed by atoms with E-state index in [0.717, 1.165) is 19.3 Å². The highest BCUT2D eigenvalue weighted by molar-refractivity contribution is 5.96. The van der Waals surface area contributed by atoms with Crippen LogP contribution < -0.4 is 5.32 Å². The summed E-state index contributed by atoms with van der Waals surface area (Å²) >= 11 is 0. The fourth-order valence-corrected chi connectivity index (χ4v) is 2.17. The quantitative estimate of drug-likeness (QED) is 0.828. The Balaban J connectivity index is 2.05. The van der Waals surface area contributed by atoms with Crippen LogP contribution in [0.3, 0.4) is 0 Å². The minimum Gasteiger partial charge on any atom is -0.478 e. The highest BCUT2D eigenvalue weighted by atomic mass is 16.4. The Morgan fingerprint density at radius 2 is 2.11 bits per heavy atom. The maximum atomic E-state index is 11.9. The number of amides is 1. The van der Waals surface area contributed by atoms with E-state index in [-0.39, 0.29) is 22.6 Å². The van der Waals surface area contributed by atoms with Crippen LogP contribution in [0.4, 0.5) is 0 Å². The monoisotopic (exact) mass is 265 g/mol. The van der Waals surface area contributed by atoms with Gasteiger partial charge < -0.3 is 14.8 Å². The molecule has 5 nitrogen and oxygen atoms in total. The Hall–Kier alpha value is -1.78. The third-order valence-electron chi connectivity index (χ3n) is 3.92. The van der Waals surface area contributed by atoms with Crippen molar-refractivity contribution in [2.45, 2.75) is 39.5 Å². The van der Waals surface area contributed by atoms with Crippen molar-refractivity contribution < 1.29 is 19.1 Å². The van der Waals surface area contributed by atoms with E-state index in [1.165, 1.54) is 6.07 Å². The molecular weight excluding hydrogens is 246 g/mol.